The lowest BCUT2D eigenvalue weighted by Gasteiger charge is -2.13. The molecule has 3 rings (SSSR count). The minimum Gasteiger partial charge on any atom is -0.379 e. The quantitative estimate of drug-likeness (QED) is 0.658. The molecule has 0 saturated carbocycles. The zero-order chi connectivity index (χ0) is 19.2. The number of aromatic nitrogens is 2. The van der Waals surface area contributed by atoms with Crippen LogP contribution < -0.4 is 9.87 Å². The summed E-state index contributed by atoms with van der Waals surface area (Å²) in [4.78, 5) is 12.0. The topological polar surface area (TPSA) is 70.3 Å². The van der Waals surface area contributed by atoms with Crippen LogP contribution in [0.15, 0.2) is 46.1 Å². The van der Waals surface area contributed by atoms with Gasteiger partial charge in [-0.2, -0.15) is 8.42 Å². The predicted octanol–water partition coefficient (Wildman–Crippen LogP) is 3.08. The average molecular weight is 374 g/mol. The molecule has 0 aliphatic rings. The molecule has 6 nitrogen and oxygen atoms in total. The van der Waals surface area contributed by atoms with E-state index < -0.39 is 10.1 Å². The molecule has 0 N–H and O–H groups in total. The number of rotatable bonds is 4. The van der Waals surface area contributed by atoms with Gasteiger partial charge in [-0.25, -0.2) is 4.79 Å². The van der Waals surface area contributed by atoms with E-state index in [2.05, 4.69) is 0 Å². The molecule has 0 aliphatic carbocycles. The molecule has 2 aromatic carbocycles. The Labute approximate surface area is 152 Å². The Balaban J connectivity index is 2.07. The molecule has 0 radical (unpaired) electrons. The molecule has 1 heterocycles. The largest absolute Gasteiger partial charge is 0.379 e. The first-order valence-electron chi connectivity index (χ1n) is 8.32. The zero-order valence-corrected chi connectivity index (χ0v) is 16.3. The molecular formula is C19H22N2O4S. The normalized spacial score (nSPS) is 12.1. The third kappa shape index (κ3) is 3.03. The second-order valence-corrected chi connectivity index (χ2v) is 8.31. The van der Waals surface area contributed by atoms with E-state index in [0.717, 1.165) is 11.1 Å². The zero-order valence-electron chi connectivity index (χ0n) is 15.5. The Hall–Kier alpha value is -2.54. The number of hydrogen-bond donors (Lipinski definition) is 0. The summed E-state index contributed by atoms with van der Waals surface area (Å²) >= 11 is 0. The average Bonchev–Trinajstić information content (AvgIpc) is 2.80. The van der Waals surface area contributed by atoms with Crippen molar-refractivity contribution in [1.29, 1.82) is 0 Å². The monoisotopic (exact) mass is 374 g/mol. The van der Waals surface area contributed by atoms with Gasteiger partial charge < -0.3 is 4.18 Å². The first-order valence-corrected chi connectivity index (χ1v) is 9.73. The lowest BCUT2D eigenvalue weighted by Crippen LogP contribution is -2.19. The fourth-order valence-electron chi connectivity index (χ4n) is 2.87. The van der Waals surface area contributed by atoms with Gasteiger partial charge in [0.05, 0.1) is 11.0 Å². The van der Waals surface area contributed by atoms with Gasteiger partial charge in [0.2, 0.25) is 0 Å². The molecule has 0 bridgehead atoms. The summed E-state index contributed by atoms with van der Waals surface area (Å²) in [7, 11) is -0.757. The van der Waals surface area contributed by atoms with Crippen LogP contribution in [0.3, 0.4) is 0 Å². The molecule has 7 heteroatoms. The summed E-state index contributed by atoms with van der Waals surface area (Å²) in [6, 6.07) is 10.1. The predicted molar refractivity (Wildman–Crippen MR) is 101 cm³/mol. The fourth-order valence-corrected chi connectivity index (χ4v) is 3.88. The maximum Gasteiger partial charge on any atom is 0.339 e. The molecule has 138 valence electrons. The summed E-state index contributed by atoms with van der Waals surface area (Å²) < 4.78 is 33.8. The van der Waals surface area contributed by atoms with Crippen LogP contribution >= 0.6 is 0 Å². The van der Waals surface area contributed by atoms with E-state index in [4.69, 9.17) is 4.18 Å². The first-order chi connectivity index (χ1) is 12.1. The van der Waals surface area contributed by atoms with E-state index in [1.165, 1.54) is 21.3 Å². The van der Waals surface area contributed by atoms with Crippen LogP contribution in [0.2, 0.25) is 0 Å². The maximum atomic E-state index is 12.8. The molecule has 0 spiro atoms. The summed E-state index contributed by atoms with van der Waals surface area (Å²) in [5.41, 5.74) is 2.73. The van der Waals surface area contributed by atoms with Gasteiger partial charge in [0.1, 0.15) is 10.6 Å². The number of hydrogen-bond acceptors (Lipinski definition) is 4. The molecule has 0 saturated heterocycles. The van der Waals surface area contributed by atoms with Crippen LogP contribution in [0.25, 0.3) is 11.0 Å². The van der Waals surface area contributed by atoms with Crippen molar-refractivity contribution in [2.24, 2.45) is 14.1 Å². The van der Waals surface area contributed by atoms with E-state index >= 15 is 0 Å². The Morgan fingerprint density at radius 2 is 1.62 bits per heavy atom. The minimum atomic E-state index is -4.01. The molecule has 26 heavy (non-hydrogen) atoms. The van der Waals surface area contributed by atoms with Gasteiger partial charge in [-0.3, -0.25) is 9.13 Å². The second kappa shape index (κ2) is 6.32. The lowest BCUT2D eigenvalue weighted by molar-refractivity contribution is 0.483. The van der Waals surface area contributed by atoms with Crippen molar-refractivity contribution in [1.82, 2.24) is 9.13 Å². The lowest BCUT2D eigenvalue weighted by atomic mass is 10.0. The molecule has 0 aliphatic heterocycles. The van der Waals surface area contributed by atoms with Gasteiger partial charge in [-0.05, 0) is 48.2 Å². The van der Waals surface area contributed by atoms with Crippen LogP contribution in [-0.4, -0.2) is 17.6 Å². The fraction of sp³-hybridized carbons (Fsp3) is 0.316. The third-order valence-corrected chi connectivity index (χ3v) is 5.84. The summed E-state index contributed by atoms with van der Waals surface area (Å²) in [6.45, 7) is 5.87. The number of fused-ring (bicyclic) bond motifs is 1. The van der Waals surface area contributed by atoms with Crippen molar-refractivity contribution in [3.63, 3.8) is 0 Å². The number of nitrogens with zero attached hydrogens (tertiary/aromatic N) is 2. The van der Waals surface area contributed by atoms with Crippen LogP contribution in [0, 0.1) is 6.92 Å². The van der Waals surface area contributed by atoms with E-state index in [0.29, 0.717) is 16.8 Å². The Morgan fingerprint density at radius 1 is 0.962 bits per heavy atom. The van der Waals surface area contributed by atoms with Crippen molar-refractivity contribution in [2.45, 2.75) is 31.6 Å². The molecular weight excluding hydrogens is 352 g/mol. The van der Waals surface area contributed by atoms with Gasteiger partial charge in [0.25, 0.3) is 0 Å². The highest BCUT2D eigenvalue weighted by Crippen LogP contribution is 2.28. The molecule has 0 unspecified atom stereocenters. The van der Waals surface area contributed by atoms with Gasteiger partial charge in [-0.15, -0.1) is 0 Å². The summed E-state index contributed by atoms with van der Waals surface area (Å²) in [6.07, 6.45) is 0. The van der Waals surface area contributed by atoms with Gasteiger partial charge in [0.15, 0.2) is 0 Å². The van der Waals surface area contributed by atoms with E-state index in [9.17, 15) is 13.2 Å². The second-order valence-electron chi connectivity index (χ2n) is 6.77. The van der Waals surface area contributed by atoms with Gasteiger partial charge >= 0.3 is 15.8 Å². The molecule has 3 aromatic rings. The van der Waals surface area contributed by atoms with Crippen molar-refractivity contribution in [3.05, 3.63) is 58.0 Å². The molecule has 0 atom stereocenters. The smallest absolute Gasteiger partial charge is 0.339 e. The van der Waals surface area contributed by atoms with E-state index in [-0.39, 0.29) is 16.5 Å². The van der Waals surface area contributed by atoms with Crippen LogP contribution in [0.5, 0.6) is 5.75 Å². The number of benzene rings is 2. The van der Waals surface area contributed by atoms with Crippen molar-refractivity contribution >= 4 is 21.2 Å². The highest BCUT2D eigenvalue weighted by molar-refractivity contribution is 7.87. The molecule has 0 fully saturated rings. The minimum absolute atomic E-state index is 0.0144. The Bertz CT molecular complexity index is 1150. The highest BCUT2D eigenvalue weighted by Gasteiger charge is 2.20. The van der Waals surface area contributed by atoms with Crippen molar-refractivity contribution in [2.75, 3.05) is 0 Å². The standard InChI is InChI=1S/C19H22N2O4S/c1-12(2)14-7-6-13(3)18(10-14)25-26(23,24)15-8-9-16-17(11-15)21(5)19(22)20(16)4/h6-12H,1-5H3. The van der Waals surface area contributed by atoms with Gasteiger partial charge in [0, 0.05) is 14.1 Å². The highest BCUT2D eigenvalue weighted by atomic mass is 32.2. The SMILES string of the molecule is Cc1ccc(C(C)C)cc1OS(=O)(=O)c1ccc2c(c1)n(C)c(=O)n2C. The Kier molecular flexibility index (Phi) is 4.44. The first kappa shape index (κ1) is 18.3. The van der Waals surface area contributed by atoms with Crippen LogP contribution in [-0.2, 0) is 24.2 Å². The number of aryl methyl sites for hydroxylation is 3. The van der Waals surface area contributed by atoms with Gasteiger partial charge in [-0.1, -0.05) is 26.0 Å². The summed E-state index contributed by atoms with van der Waals surface area (Å²) in [5, 5.41) is 0. The van der Waals surface area contributed by atoms with Crippen LogP contribution in [0.4, 0.5) is 0 Å². The Morgan fingerprint density at radius 3 is 2.27 bits per heavy atom. The third-order valence-electron chi connectivity index (χ3n) is 4.61. The van der Waals surface area contributed by atoms with Crippen molar-refractivity contribution < 1.29 is 12.6 Å². The molecule has 0 amide bonds. The van der Waals surface area contributed by atoms with E-state index in [1.54, 1.807) is 33.2 Å². The maximum absolute atomic E-state index is 12.8. The van der Waals surface area contributed by atoms with Crippen molar-refractivity contribution in [3.8, 4) is 5.75 Å². The summed E-state index contributed by atoms with van der Waals surface area (Å²) in [5.74, 6) is 0.578. The van der Waals surface area contributed by atoms with Crippen LogP contribution in [0.1, 0.15) is 30.9 Å². The number of imidazole rings is 1. The molecule has 1 aromatic heterocycles. The van der Waals surface area contributed by atoms with E-state index in [1.807, 2.05) is 26.0 Å².